The minimum absolute atomic E-state index is 0.120. The van der Waals surface area contributed by atoms with Gasteiger partial charge in [-0.2, -0.15) is 0 Å². The Morgan fingerprint density at radius 2 is 0.742 bits per heavy atom. The fourth-order valence-corrected chi connectivity index (χ4v) is 13.0. The molecule has 0 aliphatic heterocycles. The zero-order chi connectivity index (χ0) is 72.1. The number of aromatic nitrogens is 5. The third-order valence-corrected chi connectivity index (χ3v) is 18.1. The highest BCUT2D eigenvalue weighted by atomic mass is 14.9. The molecule has 2 saturated carbocycles. The molecule has 0 bridgehead atoms. The molecule has 10 aromatic rings. The first-order valence-corrected chi connectivity index (χ1v) is 32.0. The van der Waals surface area contributed by atoms with Gasteiger partial charge in [-0.25, -0.2) is 22.8 Å². The van der Waals surface area contributed by atoms with E-state index in [0.29, 0.717) is 11.1 Å². The van der Waals surface area contributed by atoms with E-state index in [2.05, 4.69) is 135 Å². The van der Waals surface area contributed by atoms with Gasteiger partial charge in [-0.1, -0.05) is 107 Å². The number of hydrogen-bond donors (Lipinski definition) is 0. The molecule has 5 aromatic heterocycles. The number of benzene rings is 5. The molecule has 1 atom stereocenters. The Morgan fingerprint density at radius 1 is 0.382 bits per heavy atom. The molecule has 0 N–H and O–H groups in total. The van der Waals surface area contributed by atoms with E-state index < -0.39 is 26.4 Å². The van der Waals surface area contributed by atoms with E-state index in [-0.39, 0.29) is 6.42 Å². The number of hydrogen-bond acceptors (Lipinski definition) is 0. The summed E-state index contributed by atoms with van der Waals surface area (Å²) in [5.74, 6) is -0.0156. The highest BCUT2D eigenvalue weighted by Gasteiger charge is 2.23. The van der Waals surface area contributed by atoms with E-state index in [1.54, 1.807) is 29.3 Å². The minimum atomic E-state index is -2.35. The van der Waals surface area contributed by atoms with Crippen LogP contribution in [-0.4, -0.2) is 0 Å². The second kappa shape index (κ2) is 31.8. The van der Waals surface area contributed by atoms with Crippen LogP contribution < -0.4 is 22.8 Å². The zero-order valence-electron chi connectivity index (χ0n) is 65.5. The van der Waals surface area contributed by atoms with Crippen molar-refractivity contribution in [3.63, 3.8) is 0 Å². The molecule has 5 nitrogen and oxygen atoms in total. The minimum Gasteiger partial charge on any atom is -0.201 e. The Hall–Kier alpha value is -8.15. The predicted molar refractivity (Wildman–Crippen MR) is 374 cm³/mol. The van der Waals surface area contributed by atoms with Gasteiger partial charge < -0.3 is 0 Å². The van der Waals surface area contributed by atoms with Crippen molar-refractivity contribution >= 4 is 0 Å². The molecule has 89 heavy (non-hydrogen) atoms. The zero-order valence-corrected chi connectivity index (χ0v) is 55.5. The van der Waals surface area contributed by atoms with Gasteiger partial charge >= 0.3 is 0 Å². The molecule has 0 saturated heterocycles. The summed E-state index contributed by atoms with van der Waals surface area (Å²) in [5, 5.41) is 0. The fourth-order valence-electron chi connectivity index (χ4n) is 13.0. The second-order valence-corrected chi connectivity index (χ2v) is 24.9. The molecule has 12 rings (SSSR count). The third kappa shape index (κ3) is 17.4. The van der Waals surface area contributed by atoms with Crippen LogP contribution in [0.3, 0.4) is 0 Å². The lowest BCUT2D eigenvalue weighted by Crippen LogP contribution is -2.30. The summed E-state index contributed by atoms with van der Waals surface area (Å²) in [7, 11) is 10.2. The van der Waals surface area contributed by atoms with Crippen molar-refractivity contribution in [3.8, 4) is 56.3 Å². The summed E-state index contributed by atoms with van der Waals surface area (Å²) in [5.41, 5.74) is 25.6. The summed E-state index contributed by atoms with van der Waals surface area (Å²) in [6, 6.07) is 57.1. The number of pyridine rings is 5. The highest BCUT2D eigenvalue weighted by molar-refractivity contribution is 5.66. The lowest BCUT2D eigenvalue weighted by molar-refractivity contribution is -0.660. The summed E-state index contributed by atoms with van der Waals surface area (Å²) in [4.78, 5) is 0. The Labute approximate surface area is 551 Å². The van der Waals surface area contributed by atoms with E-state index in [1.165, 1.54) is 109 Å². The molecule has 5 heterocycles. The van der Waals surface area contributed by atoms with Crippen LogP contribution in [0.25, 0.3) is 56.3 Å². The van der Waals surface area contributed by atoms with Crippen molar-refractivity contribution in [2.24, 2.45) is 35.2 Å². The van der Waals surface area contributed by atoms with Crippen LogP contribution >= 0.6 is 0 Å². The Balaban J connectivity index is 0.000000158. The summed E-state index contributed by atoms with van der Waals surface area (Å²) >= 11 is 0. The average Bonchev–Trinajstić information content (AvgIpc) is 1.63. The van der Waals surface area contributed by atoms with Gasteiger partial charge in [0.2, 0.25) is 28.5 Å². The second-order valence-electron chi connectivity index (χ2n) is 24.9. The monoisotopic (exact) mass is 1190 g/mol. The van der Waals surface area contributed by atoms with Crippen LogP contribution in [0.15, 0.2) is 201 Å². The summed E-state index contributed by atoms with van der Waals surface area (Å²) < 4.78 is 85.5. The van der Waals surface area contributed by atoms with E-state index in [0.717, 1.165) is 67.9 Å². The van der Waals surface area contributed by atoms with Crippen molar-refractivity contribution < 1.29 is 36.5 Å². The van der Waals surface area contributed by atoms with E-state index >= 15 is 0 Å². The maximum absolute atomic E-state index is 8.17. The van der Waals surface area contributed by atoms with Crippen LogP contribution in [0.5, 0.6) is 0 Å². The maximum Gasteiger partial charge on any atom is 0.212 e. The van der Waals surface area contributed by atoms with Crippen LogP contribution in [0, 0.1) is 55.3 Å². The molecule has 1 unspecified atom stereocenters. The predicted octanol–water partition coefficient (Wildman–Crippen LogP) is 18.7. The Bertz CT molecular complexity index is 4380. The number of aryl methyl sites for hydroxylation is 14. The van der Waals surface area contributed by atoms with Crippen molar-refractivity contribution in [1.29, 1.82) is 0 Å². The van der Waals surface area contributed by atoms with Gasteiger partial charge in [-0.05, 0) is 227 Å². The Kier molecular flexibility index (Phi) is 19.3. The first-order valence-electron chi connectivity index (χ1n) is 37.0. The van der Waals surface area contributed by atoms with Gasteiger partial charge in [0.25, 0.3) is 0 Å². The Morgan fingerprint density at radius 3 is 1.10 bits per heavy atom. The smallest absolute Gasteiger partial charge is 0.201 e. The quantitative estimate of drug-likeness (QED) is 0.128. The van der Waals surface area contributed by atoms with Gasteiger partial charge in [0.1, 0.15) is 35.2 Å². The normalized spacial score (nSPS) is 15.8. The molecule has 0 radical (unpaired) electrons. The van der Waals surface area contributed by atoms with E-state index in [9.17, 15) is 0 Å². The molecular weight excluding hydrogens is 1080 g/mol. The van der Waals surface area contributed by atoms with Crippen LogP contribution in [-0.2, 0) is 41.7 Å². The maximum atomic E-state index is 8.17. The van der Waals surface area contributed by atoms with Crippen LogP contribution in [0.4, 0.5) is 0 Å². The molecule has 2 aliphatic carbocycles. The third-order valence-electron chi connectivity index (χ3n) is 18.1. The lowest BCUT2D eigenvalue weighted by Gasteiger charge is -2.24. The van der Waals surface area contributed by atoms with Crippen molar-refractivity contribution in [1.82, 2.24) is 0 Å². The lowest BCUT2D eigenvalue weighted by atomic mass is 9.81. The highest BCUT2D eigenvalue weighted by Crippen LogP contribution is 2.39. The van der Waals surface area contributed by atoms with E-state index in [1.807, 2.05) is 155 Å². The topological polar surface area (TPSA) is 19.4 Å². The first kappa shape index (κ1) is 53.8. The first-order chi connectivity index (χ1) is 46.7. The van der Waals surface area contributed by atoms with Crippen molar-refractivity contribution in [2.45, 2.75) is 158 Å². The standard InChI is InChI=1S/C20H26N.C19H24N.C16H20N.C15H18N.C14H16N/c1-15-14-19(20-11-7-8-12-21(20)3)16(2)13-18(15)17-9-5-4-6-10-17;1-14-13-18(19-10-6-7-11-20(19)3)15(2)12-17(14)16-8-4-5-9-16;1-12(2)14-8-9-15(13(3)11-14)16-7-5-6-10-17(16)4;1-4-13-8-9-14(12(2)11-13)15-7-5-6-10-16(15)3;1-11-7-8-13(12(2)10-11)14-6-4-5-9-15(14)3/h7-8,11-14,17H,4-6,9-10H2,1-3H3;6-7,10-13,16H,4-5,8-9H2,1-3H3;5-12H,1-4H3;5-11H,4H2,1-3H3;4-10H,1-3H3/q5*+1/i;;1D3,12D;2*1D3. The van der Waals surface area contributed by atoms with Gasteiger partial charge in [0, 0.05) is 102 Å². The SMILES string of the molecule is Cc1cc(C2CCCC2)c(C)cc1-c1cccc[n+]1C.Cc1cc(C2CCCCC2)c(C)cc1-c1cccc[n+]1C.[2H]C([2H])([2H])C([2H])(C)c1ccc(-c2cccc[n+]2C)c(C)c1.[2H]C([2H])([2H])Cc1ccc(-c2cccc[n+]2C)c(C)c1.[2H]C([2H])([2H])c1ccc(-c2cccc[n+]2C)c(C)c1. The van der Waals surface area contributed by atoms with Gasteiger partial charge in [-0.15, -0.1) is 0 Å². The van der Waals surface area contributed by atoms with E-state index in [4.69, 9.17) is 13.7 Å². The summed E-state index contributed by atoms with van der Waals surface area (Å²) in [6.07, 6.45) is 22.8. The van der Waals surface area contributed by atoms with Gasteiger partial charge in [-0.3, -0.25) is 0 Å². The van der Waals surface area contributed by atoms with Crippen molar-refractivity contribution in [3.05, 3.63) is 268 Å². The summed E-state index contributed by atoms with van der Waals surface area (Å²) in [6.45, 7) is 10.1. The molecule has 460 valence electrons. The average molecular weight is 1190 g/mol. The molecule has 5 heteroatoms. The number of rotatable bonds is 9. The van der Waals surface area contributed by atoms with Crippen molar-refractivity contribution in [2.75, 3.05) is 0 Å². The molecule has 0 amide bonds. The van der Waals surface area contributed by atoms with Crippen LogP contribution in [0.1, 0.15) is 177 Å². The molecular formula is C84H104N5+5. The van der Waals surface area contributed by atoms with Gasteiger partial charge in [0.15, 0.2) is 31.0 Å². The molecule has 2 aliphatic rings. The largest absolute Gasteiger partial charge is 0.212 e. The van der Waals surface area contributed by atoms with Gasteiger partial charge in [0.05, 0.1) is 0 Å². The van der Waals surface area contributed by atoms with Crippen LogP contribution in [0.2, 0.25) is 0 Å². The number of nitrogens with zero attached hydrogens (tertiary/aromatic N) is 5. The molecule has 5 aromatic carbocycles. The molecule has 0 spiro atoms. The molecule has 2 fully saturated rings. The fraction of sp³-hybridized carbons (Fsp3) is 0.345.